The number of Topliss-reactive ketones (excluding diaryl/α,β-unsaturated/α-hetero) is 1. The van der Waals surface area contributed by atoms with Gasteiger partial charge in [-0.2, -0.15) is 0 Å². The zero-order valence-electron chi connectivity index (χ0n) is 16.3. The number of anilines is 1. The molecule has 0 amide bonds. The lowest BCUT2D eigenvalue weighted by molar-refractivity contribution is 0.101. The van der Waals surface area contributed by atoms with Crippen LogP contribution in [0.5, 0.6) is 0 Å². The first-order valence-corrected chi connectivity index (χ1v) is 10.1. The van der Waals surface area contributed by atoms with Crippen molar-refractivity contribution in [1.82, 2.24) is 10.2 Å². The lowest BCUT2D eigenvalue weighted by Gasteiger charge is -2.35. The van der Waals surface area contributed by atoms with Crippen LogP contribution in [0.2, 0.25) is 0 Å². The third-order valence-electron chi connectivity index (χ3n) is 5.81. The van der Waals surface area contributed by atoms with Crippen LogP contribution in [0.1, 0.15) is 49.0 Å². The Morgan fingerprint density at radius 2 is 1.92 bits per heavy atom. The molecule has 1 N–H and O–H groups in total. The summed E-state index contributed by atoms with van der Waals surface area (Å²) in [6, 6.07) is 6.34. The van der Waals surface area contributed by atoms with Gasteiger partial charge in [0.2, 0.25) is 0 Å². The van der Waals surface area contributed by atoms with E-state index >= 15 is 0 Å². The normalized spacial score (nSPS) is 20.0. The van der Waals surface area contributed by atoms with Crippen LogP contribution in [-0.4, -0.2) is 56.5 Å². The van der Waals surface area contributed by atoms with E-state index in [2.05, 4.69) is 33.3 Å². The van der Waals surface area contributed by atoms with E-state index in [0.717, 1.165) is 43.2 Å². The predicted molar refractivity (Wildman–Crippen MR) is 110 cm³/mol. The second-order valence-electron chi connectivity index (χ2n) is 7.64. The molecule has 26 heavy (non-hydrogen) atoms. The van der Waals surface area contributed by atoms with Gasteiger partial charge in [-0.3, -0.25) is 4.79 Å². The van der Waals surface area contributed by atoms with Crippen molar-refractivity contribution in [3.05, 3.63) is 35.4 Å². The van der Waals surface area contributed by atoms with E-state index in [0.29, 0.717) is 0 Å². The Balaban J connectivity index is 1.54. The molecular formula is C22H33N3O. The number of nitrogens with one attached hydrogen (secondary N) is 1. The molecule has 0 spiro atoms. The number of carbonyl (C=O) groups excluding carboxylic acids is 1. The molecule has 0 bridgehead atoms. The monoisotopic (exact) mass is 355 g/mol. The van der Waals surface area contributed by atoms with Crippen molar-refractivity contribution < 1.29 is 4.79 Å². The van der Waals surface area contributed by atoms with Crippen LogP contribution < -0.4 is 10.2 Å². The van der Waals surface area contributed by atoms with Gasteiger partial charge in [-0.15, -0.1) is 0 Å². The summed E-state index contributed by atoms with van der Waals surface area (Å²) < 4.78 is 0. The van der Waals surface area contributed by atoms with Crippen LogP contribution in [0.25, 0.3) is 6.08 Å². The van der Waals surface area contributed by atoms with Crippen molar-refractivity contribution in [2.75, 3.05) is 50.7 Å². The van der Waals surface area contributed by atoms with Gasteiger partial charge >= 0.3 is 0 Å². The summed E-state index contributed by atoms with van der Waals surface area (Å²) in [5.41, 5.74) is 3.06. The van der Waals surface area contributed by atoms with Crippen molar-refractivity contribution in [1.29, 1.82) is 0 Å². The zero-order valence-corrected chi connectivity index (χ0v) is 16.3. The number of piperazine rings is 1. The summed E-state index contributed by atoms with van der Waals surface area (Å²) in [5.74, 6) is 0.988. The number of rotatable bonds is 6. The quantitative estimate of drug-likeness (QED) is 0.793. The van der Waals surface area contributed by atoms with Gasteiger partial charge in [-0.05, 0) is 63.3 Å². The molecule has 2 heterocycles. The minimum atomic E-state index is 0.144. The smallest absolute Gasteiger partial charge is 0.160 e. The standard InChI is InChI=1S/C22H33N3O/c1-3-4-20-5-6-21(17-22(20)18(2)26)25-13-8-19(9-14-25)7-12-24-15-10-23-11-16-24/h3-6,17,19,23H,7-16H2,1-2H3/b4-3+. The highest BCUT2D eigenvalue weighted by atomic mass is 16.1. The van der Waals surface area contributed by atoms with E-state index in [1.165, 1.54) is 44.6 Å². The summed E-state index contributed by atoms with van der Waals surface area (Å²) >= 11 is 0. The molecule has 0 saturated carbocycles. The maximum atomic E-state index is 12.0. The number of hydrogen-bond donors (Lipinski definition) is 1. The highest BCUT2D eigenvalue weighted by Gasteiger charge is 2.21. The third-order valence-corrected chi connectivity index (χ3v) is 5.81. The fourth-order valence-corrected chi connectivity index (χ4v) is 4.15. The Morgan fingerprint density at radius 3 is 2.58 bits per heavy atom. The molecule has 2 aliphatic rings. The Hall–Kier alpha value is -1.65. The topological polar surface area (TPSA) is 35.6 Å². The molecule has 0 aromatic heterocycles. The lowest BCUT2D eigenvalue weighted by Crippen LogP contribution is -2.44. The largest absolute Gasteiger partial charge is 0.371 e. The van der Waals surface area contributed by atoms with E-state index in [9.17, 15) is 4.79 Å². The molecule has 2 fully saturated rings. The number of ketones is 1. The van der Waals surface area contributed by atoms with Gasteiger partial charge in [-0.1, -0.05) is 18.2 Å². The fourth-order valence-electron chi connectivity index (χ4n) is 4.15. The fraction of sp³-hybridized carbons (Fsp3) is 0.591. The molecule has 2 saturated heterocycles. The molecule has 1 aromatic rings. The average Bonchev–Trinajstić information content (AvgIpc) is 2.68. The van der Waals surface area contributed by atoms with Crippen molar-refractivity contribution >= 4 is 17.5 Å². The highest BCUT2D eigenvalue weighted by molar-refractivity contribution is 5.98. The molecule has 4 nitrogen and oxygen atoms in total. The SMILES string of the molecule is C/C=C/c1ccc(N2CCC(CCN3CCNCC3)CC2)cc1C(C)=O. The van der Waals surface area contributed by atoms with Gasteiger partial charge in [0.1, 0.15) is 0 Å². The Morgan fingerprint density at radius 1 is 1.19 bits per heavy atom. The molecule has 0 radical (unpaired) electrons. The second-order valence-corrected chi connectivity index (χ2v) is 7.64. The first-order chi connectivity index (χ1) is 12.7. The molecular weight excluding hydrogens is 322 g/mol. The van der Waals surface area contributed by atoms with Gasteiger partial charge < -0.3 is 15.1 Å². The first kappa shape index (κ1) is 19.1. The van der Waals surface area contributed by atoms with Crippen molar-refractivity contribution in [2.24, 2.45) is 5.92 Å². The molecule has 4 heteroatoms. The van der Waals surface area contributed by atoms with Crippen LogP contribution in [0.15, 0.2) is 24.3 Å². The van der Waals surface area contributed by atoms with Crippen LogP contribution in [0, 0.1) is 5.92 Å². The van der Waals surface area contributed by atoms with Gasteiger partial charge in [0, 0.05) is 50.5 Å². The lowest BCUT2D eigenvalue weighted by atomic mass is 9.92. The first-order valence-electron chi connectivity index (χ1n) is 10.1. The summed E-state index contributed by atoms with van der Waals surface area (Å²) in [6.07, 6.45) is 7.86. The number of hydrogen-bond acceptors (Lipinski definition) is 4. The molecule has 1 aromatic carbocycles. The van der Waals surface area contributed by atoms with Crippen LogP contribution in [0.3, 0.4) is 0 Å². The minimum Gasteiger partial charge on any atom is -0.371 e. The maximum absolute atomic E-state index is 12.0. The van der Waals surface area contributed by atoms with Gasteiger partial charge in [-0.25, -0.2) is 0 Å². The Bertz CT molecular complexity index is 626. The predicted octanol–water partition coefficient (Wildman–Crippen LogP) is 3.43. The molecule has 142 valence electrons. The summed E-state index contributed by atoms with van der Waals surface area (Å²) in [5, 5.41) is 3.42. The van der Waals surface area contributed by atoms with Crippen LogP contribution in [-0.2, 0) is 0 Å². The van der Waals surface area contributed by atoms with Crippen molar-refractivity contribution in [3.8, 4) is 0 Å². The van der Waals surface area contributed by atoms with Gasteiger partial charge in [0.25, 0.3) is 0 Å². The number of benzene rings is 1. The van der Waals surface area contributed by atoms with E-state index in [1.807, 2.05) is 19.1 Å². The summed E-state index contributed by atoms with van der Waals surface area (Å²) in [4.78, 5) is 17.1. The number of allylic oxidation sites excluding steroid dienone is 1. The third kappa shape index (κ3) is 4.95. The molecule has 2 aliphatic heterocycles. The summed E-state index contributed by atoms with van der Waals surface area (Å²) in [6.45, 7) is 11.8. The minimum absolute atomic E-state index is 0.144. The number of nitrogens with zero attached hydrogens (tertiary/aromatic N) is 2. The molecule has 0 aliphatic carbocycles. The Labute approximate surface area is 158 Å². The molecule has 0 unspecified atom stereocenters. The summed E-state index contributed by atoms with van der Waals surface area (Å²) in [7, 11) is 0. The van der Waals surface area contributed by atoms with E-state index in [1.54, 1.807) is 6.92 Å². The van der Waals surface area contributed by atoms with Gasteiger partial charge in [0.15, 0.2) is 5.78 Å². The van der Waals surface area contributed by atoms with Crippen molar-refractivity contribution in [2.45, 2.75) is 33.1 Å². The van der Waals surface area contributed by atoms with E-state index in [4.69, 9.17) is 0 Å². The second kappa shape index (κ2) is 9.33. The van der Waals surface area contributed by atoms with Crippen LogP contribution >= 0.6 is 0 Å². The van der Waals surface area contributed by atoms with E-state index < -0.39 is 0 Å². The zero-order chi connectivity index (χ0) is 18.4. The van der Waals surface area contributed by atoms with Crippen molar-refractivity contribution in [3.63, 3.8) is 0 Å². The highest BCUT2D eigenvalue weighted by Crippen LogP contribution is 2.27. The number of piperidine rings is 1. The van der Waals surface area contributed by atoms with Gasteiger partial charge in [0.05, 0.1) is 0 Å². The average molecular weight is 356 g/mol. The van der Waals surface area contributed by atoms with E-state index in [-0.39, 0.29) is 5.78 Å². The molecule has 0 atom stereocenters. The number of carbonyl (C=O) groups is 1. The van der Waals surface area contributed by atoms with Crippen LogP contribution in [0.4, 0.5) is 5.69 Å². The Kier molecular flexibility index (Phi) is 6.86. The maximum Gasteiger partial charge on any atom is 0.160 e. The molecule has 3 rings (SSSR count).